The molecular formula is C28H40N6O3. The Morgan fingerprint density at radius 1 is 1.22 bits per heavy atom. The van der Waals surface area contributed by atoms with E-state index in [1.807, 2.05) is 12.1 Å². The van der Waals surface area contributed by atoms with E-state index in [-0.39, 0.29) is 23.5 Å². The first kappa shape index (κ1) is 25.6. The molecule has 5 rings (SSSR count). The molecule has 2 heterocycles. The van der Waals surface area contributed by atoms with Gasteiger partial charge in [-0.15, -0.1) is 0 Å². The molecule has 1 aromatic carbocycles. The van der Waals surface area contributed by atoms with Gasteiger partial charge in [-0.2, -0.15) is 5.10 Å². The minimum absolute atomic E-state index is 0.0130. The van der Waals surface area contributed by atoms with E-state index in [4.69, 9.17) is 16.3 Å². The van der Waals surface area contributed by atoms with Crippen molar-refractivity contribution in [3.63, 3.8) is 0 Å². The second-order valence-electron chi connectivity index (χ2n) is 11.0. The standard InChI is InChI=1S/C28H40N6O3/c1-32(30)17-26(29)23-14-24(23)27-25(28(35)36)15-31-34(27)21-10-5-9-20(13-21)33-12-6-11-22(16-33)37-18-19-7-3-2-4-8-19/h5,9-10,13,15,17,19,22-24H,2-4,6-8,11-12,14,16,18,29-30H2,1H3,(H,35,36)/b26-17-. The Morgan fingerprint density at radius 2 is 2.00 bits per heavy atom. The van der Waals surface area contributed by atoms with Crippen LogP contribution in [0.25, 0.3) is 5.69 Å². The third-order valence-electron chi connectivity index (χ3n) is 8.07. The molecule has 1 aromatic heterocycles. The molecular weight excluding hydrogens is 468 g/mol. The summed E-state index contributed by atoms with van der Waals surface area (Å²) in [6.07, 6.45) is 13.0. The number of ether oxygens (including phenoxy) is 1. The number of piperidine rings is 1. The van der Waals surface area contributed by atoms with Gasteiger partial charge in [-0.1, -0.05) is 25.3 Å². The third-order valence-corrected chi connectivity index (χ3v) is 8.07. The number of carbonyl (C=O) groups is 1. The maximum Gasteiger partial charge on any atom is 0.339 e. The predicted octanol–water partition coefficient (Wildman–Crippen LogP) is 3.85. The molecule has 1 aliphatic heterocycles. The van der Waals surface area contributed by atoms with E-state index in [1.54, 1.807) is 17.9 Å². The summed E-state index contributed by atoms with van der Waals surface area (Å²) in [5, 5.41) is 15.8. The molecule has 5 N–H and O–H groups in total. The second kappa shape index (κ2) is 11.1. The molecule has 0 bridgehead atoms. The summed E-state index contributed by atoms with van der Waals surface area (Å²) in [5.74, 6) is 5.50. The fourth-order valence-electron chi connectivity index (χ4n) is 6.04. The third kappa shape index (κ3) is 5.93. The number of hydrogen-bond donors (Lipinski definition) is 3. The highest BCUT2D eigenvalue weighted by Gasteiger charge is 2.45. The number of carboxylic acids is 1. The van der Waals surface area contributed by atoms with Gasteiger partial charge in [0.05, 0.1) is 23.7 Å². The molecule has 9 heteroatoms. The van der Waals surface area contributed by atoms with Gasteiger partial charge in [0.2, 0.25) is 0 Å². The number of hydrogen-bond acceptors (Lipinski definition) is 7. The minimum Gasteiger partial charge on any atom is -0.478 e. The van der Waals surface area contributed by atoms with Gasteiger partial charge < -0.3 is 25.5 Å². The molecule has 2 saturated carbocycles. The first-order valence-electron chi connectivity index (χ1n) is 13.6. The number of allylic oxidation sites excluding steroid dienone is 1. The molecule has 37 heavy (non-hydrogen) atoms. The van der Waals surface area contributed by atoms with Gasteiger partial charge in [-0.3, -0.25) is 0 Å². The molecule has 0 spiro atoms. The Bertz CT molecular complexity index is 1120. The first-order valence-corrected chi connectivity index (χ1v) is 13.6. The van der Waals surface area contributed by atoms with Crippen molar-refractivity contribution in [1.82, 2.24) is 14.8 Å². The maximum atomic E-state index is 12.0. The number of aromatic nitrogens is 2. The van der Waals surface area contributed by atoms with Crippen molar-refractivity contribution in [1.29, 1.82) is 0 Å². The average Bonchev–Trinajstić information content (AvgIpc) is 3.57. The molecule has 3 fully saturated rings. The van der Waals surface area contributed by atoms with Crippen LogP contribution in [0.2, 0.25) is 0 Å². The van der Waals surface area contributed by atoms with Crippen LogP contribution in [0.1, 0.15) is 73.3 Å². The lowest BCUT2D eigenvalue weighted by atomic mass is 9.90. The molecule has 3 aliphatic rings. The van der Waals surface area contributed by atoms with Crippen LogP contribution in [0.3, 0.4) is 0 Å². The normalized spacial score (nSPS) is 24.8. The topological polar surface area (TPSA) is 123 Å². The van der Waals surface area contributed by atoms with Crippen LogP contribution in [-0.2, 0) is 4.74 Å². The van der Waals surface area contributed by atoms with Crippen molar-refractivity contribution >= 4 is 11.7 Å². The van der Waals surface area contributed by atoms with Crippen molar-refractivity contribution in [2.24, 2.45) is 23.4 Å². The smallest absolute Gasteiger partial charge is 0.339 e. The van der Waals surface area contributed by atoms with E-state index >= 15 is 0 Å². The molecule has 200 valence electrons. The highest BCUT2D eigenvalue weighted by Crippen LogP contribution is 2.51. The summed E-state index contributed by atoms with van der Waals surface area (Å²) >= 11 is 0. The first-order chi connectivity index (χ1) is 17.9. The lowest BCUT2D eigenvalue weighted by Gasteiger charge is -2.35. The molecule has 1 saturated heterocycles. The summed E-state index contributed by atoms with van der Waals surface area (Å²) in [4.78, 5) is 14.4. The quantitative estimate of drug-likeness (QED) is 0.345. The Hall–Kier alpha value is -3.04. The Kier molecular flexibility index (Phi) is 7.71. The van der Waals surface area contributed by atoms with Crippen LogP contribution in [0, 0.1) is 11.8 Å². The molecule has 3 atom stereocenters. The van der Waals surface area contributed by atoms with E-state index in [0.29, 0.717) is 11.4 Å². The van der Waals surface area contributed by atoms with Gasteiger partial charge in [-0.25, -0.2) is 15.3 Å². The van der Waals surface area contributed by atoms with Crippen LogP contribution < -0.4 is 16.5 Å². The summed E-state index contributed by atoms with van der Waals surface area (Å²) in [5.41, 5.74) is 9.78. The number of aromatic carboxylic acids is 1. The number of anilines is 1. The van der Waals surface area contributed by atoms with Crippen molar-refractivity contribution in [3.05, 3.63) is 53.6 Å². The monoisotopic (exact) mass is 508 g/mol. The van der Waals surface area contributed by atoms with E-state index in [1.165, 1.54) is 43.3 Å². The minimum atomic E-state index is -0.976. The fourth-order valence-corrected chi connectivity index (χ4v) is 6.04. The summed E-state index contributed by atoms with van der Waals surface area (Å²) in [6, 6.07) is 8.23. The van der Waals surface area contributed by atoms with Crippen molar-refractivity contribution < 1.29 is 14.6 Å². The van der Waals surface area contributed by atoms with Crippen LogP contribution in [0.15, 0.2) is 42.4 Å². The number of rotatable bonds is 9. The number of nitrogens with two attached hydrogens (primary N) is 2. The summed E-state index contributed by atoms with van der Waals surface area (Å²) in [7, 11) is 1.72. The zero-order valence-electron chi connectivity index (χ0n) is 21.8. The number of carboxylic acid groups (broad SMARTS) is 1. The molecule has 0 amide bonds. The highest BCUT2D eigenvalue weighted by atomic mass is 16.5. The highest BCUT2D eigenvalue weighted by molar-refractivity contribution is 5.89. The maximum absolute atomic E-state index is 12.0. The van der Waals surface area contributed by atoms with Gasteiger partial charge in [-0.05, 0) is 56.2 Å². The van der Waals surface area contributed by atoms with Crippen molar-refractivity contribution in [2.45, 2.75) is 63.4 Å². The molecule has 2 aliphatic carbocycles. The zero-order chi connectivity index (χ0) is 25.9. The van der Waals surface area contributed by atoms with E-state index < -0.39 is 5.97 Å². The Morgan fingerprint density at radius 3 is 2.76 bits per heavy atom. The lowest BCUT2D eigenvalue weighted by Crippen LogP contribution is -2.40. The van der Waals surface area contributed by atoms with Crippen LogP contribution >= 0.6 is 0 Å². The van der Waals surface area contributed by atoms with Gasteiger partial charge in [0.1, 0.15) is 5.56 Å². The second-order valence-corrected chi connectivity index (χ2v) is 11.0. The Balaban J connectivity index is 1.32. The molecule has 0 radical (unpaired) electrons. The van der Waals surface area contributed by atoms with Gasteiger partial charge in [0, 0.05) is 56.2 Å². The molecule has 2 aromatic rings. The lowest BCUT2D eigenvalue weighted by molar-refractivity contribution is 0.0136. The van der Waals surface area contributed by atoms with Crippen LogP contribution in [0.5, 0.6) is 0 Å². The largest absolute Gasteiger partial charge is 0.478 e. The van der Waals surface area contributed by atoms with Crippen LogP contribution in [0.4, 0.5) is 5.69 Å². The summed E-state index contributed by atoms with van der Waals surface area (Å²) < 4.78 is 8.16. The zero-order valence-corrected chi connectivity index (χ0v) is 21.8. The number of nitrogens with zero attached hydrogens (tertiary/aromatic N) is 4. The number of hydrazine groups is 1. The predicted molar refractivity (Wildman–Crippen MR) is 143 cm³/mol. The number of benzene rings is 1. The average molecular weight is 509 g/mol. The molecule has 3 unspecified atom stereocenters. The Labute approximate surface area is 219 Å². The van der Waals surface area contributed by atoms with E-state index in [9.17, 15) is 9.90 Å². The van der Waals surface area contributed by atoms with E-state index in [0.717, 1.165) is 56.3 Å². The SMILES string of the molecule is CN(N)/C=C(\N)C1CC1c1c(C(=O)O)cnn1-c1cccc(N2CCCC(OCC3CCCCC3)C2)c1. The fraction of sp³-hybridized carbons (Fsp3) is 0.571. The van der Waals surface area contributed by atoms with Crippen molar-refractivity contribution in [3.8, 4) is 5.69 Å². The van der Waals surface area contributed by atoms with Crippen molar-refractivity contribution in [2.75, 3.05) is 31.6 Å². The summed E-state index contributed by atoms with van der Waals surface area (Å²) in [6.45, 7) is 2.74. The molecule has 9 nitrogen and oxygen atoms in total. The van der Waals surface area contributed by atoms with Gasteiger partial charge >= 0.3 is 5.97 Å². The van der Waals surface area contributed by atoms with Crippen LogP contribution in [-0.4, -0.2) is 58.7 Å². The van der Waals surface area contributed by atoms with E-state index in [2.05, 4.69) is 22.1 Å². The van der Waals surface area contributed by atoms with Gasteiger partial charge in [0.15, 0.2) is 0 Å². The van der Waals surface area contributed by atoms with Gasteiger partial charge in [0.25, 0.3) is 0 Å².